The first-order valence-electron chi connectivity index (χ1n) is 5.81. The molecule has 1 aliphatic heterocycles. The predicted molar refractivity (Wildman–Crippen MR) is 63.9 cm³/mol. The number of fused-ring (bicyclic) bond motifs is 1. The number of nitrogens with one attached hydrogen (secondary N) is 1. The van der Waals surface area contributed by atoms with E-state index in [4.69, 9.17) is 4.74 Å². The summed E-state index contributed by atoms with van der Waals surface area (Å²) in [5.41, 5.74) is 1.04. The van der Waals surface area contributed by atoms with Crippen LogP contribution in [0, 0.1) is 0 Å². The predicted octanol–water partition coefficient (Wildman–Crippen LogP) is 1.28. The van der Waals surface area contributed by atoms with Crippen LogP contribution in [0.4, 0.5) is 0 Å². The van der Waals surface area contributed by atoms with Crippen molar-refractivity contribution in [1.29, 1.82) is 0 Å². The number of likely N-dealkylation sites (N-methyl/N-ethyl adjacent to an activating group) is 1. The molecule has 0 radical (unpaired) electrons. The van der Waals surface area contributed by atoms with Crippen LogP contribution in [0.15, 0.2) is 23.1 Å². The van der Waals surface area contributed by atoms with Gasteiger partial charge in [-0.15, -0.1) is 0 Å². The Labute approximate surface area is 101 Å². The standard InChI is InChI=1S/C12H15NO3S/c1-13-11-7-16-12-6-9(4-5-10(11)12)17(14,15)8-2-3-8/h4-6,8,11,13H,2-3,7H2,1H3/t11-/m1/s1. The molecule has 92 valence electrons. The average Bonchev–Trinajstić information content (AvgIpc) is 3.10. The zero-order valence-electron chi connectivity index (χ0n) is 9.64. The Morgan fingerprint density at radius 2 is 2.12 bits per heavy atom. The molecular formula is C12H15NO3S. The zero-order valence-corrected chi connectivity index (χ0v) is 10.5. The van der Waals surface area contributed by atoms with E-state index < -0.39 is 9.84 Å². The van der Waals surface area contributed by atoms with Gasteiger partial charge in [0.2, 0.25) is 0 Å². The first-order chi connectivity index (χ1) is 8.13. The van der Waals surface area contributed by atoms with Gasteiger partial charge in [-0.3, -0.25) is 0 Å². The molecule has 0 saturated heterocycles. The number of hydrogen-bond donors (Lipinski definition) is 1. The third-order valence-corrected chi connectivity index (χ3v) is 5.67. The summed E-state index contributed by atoms with van der Waals surface area (Å²) in [5, 5.41) is 2.97. The third kappa shape index (κ3) is 1.73. The Morgan fingerprint density at radius 3 is 2.76 bits per heavy atom. The summed E-state index contributed by atoms with van der Waals surface area (Å²) in [6.45, 7) is 0.568. The fraction of sp³-hybridized carbons (Fsp3) is 0.500. The molecule has 4 nitrogen and oxygen atoms in total. The fourth-order valence-electron chi connectivity index (χ4n) is 2.18. The van der Waals surface area contributed by atoms with Crippen LogP contribution in [0.1, 0.15) is 24.4 Å². The van der Waals surface area contributed by atoms with Crippen LogP contribution in [0.25, 0.3) is 0 Å². The molecule has 0 unspecified atom stereocenters. The average molecular weight is 253 g/mol. The minimum absolute atomic E-state index is 0.165. The van der Waals surface area contributed by atoms with E-state index in [-0.39, 0.29) is 11.3 Å². The van der Waals surface area contributed by atoms with Crippen molar-refractivity contribution >= 4 is 9.84 Å². The van der Waals surface area contributed by atoms with Gasteiger partial charge in [-0.05, 0) is 32.0 Å². The molecule has 1 aromatic rings. The van der Waals surface area contributed by atoms with E-state index in [1.807, 2.05) is 13.1 Å². The number of rotatable bonds is 3. The molecule has 1 heterocycles. The van der Waals surface area contributed by atoms with Crippen LogP contribution in [-0.2, 0) is 9.84 Å². The van der Waals surface area contributed by atoms with Crippen molar-refractivity contribution < 1.29 is 13.2 Å². The highest BCUT2D eigenvalue weighted by atomic mass is 32.2. The van der Waals surface area contributed by atoms with E-state index in [9.17, 15) is 8.42 Å². The molecule has 1 aromatic carbocycles. The first-order valence-corrected chi connectivity index (χ1v) is 7.35. The highest BCUT2D eigenvalue weighted by molar-refractivity contribution is 7.92. The smallest absolute Gasteiger partial charge is 0.181 e. The molecule has 0 bridgehead atoms. The number of benzene rings is 1. The molecule has 1 fully saturated rings. The van der Waals surface area contributed by atoms with Crippen molar-refractivity contribution in [2.24, 2.45) is 0 Å². The molecule has 5 heteroatoms. The summed E-state index contributed by atoms with van der Waals surface area (Å²) in [6.07, 6.45) is 1.58. The summed E-state index contributed by atoms with van der Waals surface area (Å²) in [5.74, 6) is 0.700. The second-order valence-corrected chi connectivity index (χ2v) is 6.82. The minimum atomic E-state index is -3.11. The van der Waals surface area contributed by atoms with Gasteiger partial charge in [0.15, 0.2) is 9.84 Å². The molecule has 0 spiro atoms. The maximum atomic E-state index is 12.1. The van der Waals surface area contributed by atoms with Crippen molar-refractivity contribution in [2.75, 3.05) is 13.7 Å². The topological polar surface area (TPSA) is 55.4 Å². The largest absolute Gasteiger partial charge is 0.491 e. The second kappa shape index (κ2) is 3.71. The van der Waals surface area contributed by atoms with Gasteiger partial charge in [0.1, 0.15) is 12.4 Å². The van der Waals surface area contributed by atoms with Gasteiger partial charge in [0.25, 0.3) is 0 Å². The highest BCUT2D eigenvalue weighted by Crippen LogP contribution is 2.38. The van der Waals surface area contributed by atoms with Gasteiger partial charge in [0, 0.05) is 5.56 Å². The van der Waals surface area contributed by atoms with Crippen molar-refractivity contribution in [3.63, 3.8) is 0 Å². The van der Waals surface area contributed by atoms with E-state index in [2.05, 4.69) is 5.32 Å². The molecule has 0 aromatic heterocycles. The molecule has 1 saturated carbocycles. The van der Waals surface area contributed by atoms with Crippen molar-refractivity contribution in [2.45, 2.75) is 29.0 Å². The first kappa shape index (κ1) is 11.0. The molecule has 2 aliphatic rings. The molecule has 1 N–H and O–H groups in total. The van der Waals surface area contributed by atoms with Gasteiger partial charge in [-0.1, -0.05) is 6.07 Å². The Bertz CT molecular complexity index is 549. The van der Waals surface area contributed by atoms with Crippen LogP contribution in [-0.4, -0.2) is 27.3 Å². The minimum Gasteiger partial charge on any atom is -0.491 e. The van der Waals surface area contributed by atoms with Crippen molar-refractivity contribution in [3.8, 4) is 5.75 Å². The van der Waals surface area contributed by atoms with Crippen molar-refractivity contribution in [1.82, 2.24) is 5.32 Å². The number of hydrogen-bond acceptors (Lipinski definition) is 4. The fourth-order valence-corrected chi connectivity index (χ4v) is 3.85. The zero-order chi connectivity index (χ0) is 12.0. The summed E-state index contributed by atoms with van der Waals surface area (Å²) in [6, 6.07) is 5.40. The summed E-state index contributed by atoms with van der Waals surface area (Å²) in [4.78, 5) is 0.399. The normalized spacial score (nSPS) is 23.2. The van der Waals surface area contributed by atoms with Gasteiger partial charge in [-0.25, -0.2) is 8.42 Å². The van der Waals surface area contributed by atoms with E-state index in [1.54, 1.807) is 12.1 Å². The quantitative estimate of drug-likeness (QED) is 0.881. The van der Waals surface area contributed by atoms with Gasteiger partial charge >= 0.3 is 0 Å². The molecular weight excluding hydrogens is 238 g/mol. The van der Waals surface area contributed by atoms with E-state index >= 15 is 0 Å². The molecule has 0 amide bonds. The van der Waals surface area contributed by atoms with Crippen LogP contribution < -0.4 is 10.1 Å². The van der Waals surface area contributed by atoms with Crippen LogP contribution in [0.3, 0.4) is 0 Å². The SMILES string of the molecule is CN[C@@H]1COc2cc(S(=O)(=O)C3CC3)ccc21. The molecule has 1 aliphatic carbocycles. The summed E-state index contributed by atoms with van der Waals surface area (Å²) in [7, 11) is -1.24. The van der Waals surface area contributed by atoms with Crippen LogP contribution in [0.5, 0.6) is 5.75 Å². The lowest BCUT2D eigenvalue weighted by atomic mass is 10.1. The number of ether oxygens (including phenoxy) is 1. The Kier molecular flexibility index (Phi) is 2.41. The molecule has 3 rings (SSSR count). The van der Waals surface area contributed by atoms with Gasteiger partial charge in [-0.2, -0.15) is 0 Å². The summed E-state index contributed by atoms with van der Waals surface area (Å²) >= 11 is 0. The van der Waals surface area contributed by atoms with Crippen LogP contribution >= 0.6 is 0 Å². The molecule has 17 heavy (non-hydrogen) atoms. The second-order valence-electron chi connectivity index (χ2n) is 4.60. The summed E-state index contributed by atoms with van der Waals surface area (Å²) < 4.78 is 29.7. The van der Waals surface area contributed by atoms with Crippen LogP contribution in [0.2, 0.25) is 0 Å². The van der Waals surface area contributed by atoms with E-state index in [0.29, 0.717) is 17.3 Å². The Hall–Kier alpha value is -1.07. The maximum absolute atomic E-state index is 12.1. The van der Waals surface area contributed by atoms with Gasteiger partial charge in [0.05, 0.1) is 16.2 Å². The lowest BCUT2D eigenvalue weighted by molar-refractivity contribution is 0.317. The monoisotopic (exact) mass is 253 g/mol. The maximum Gasteiger partial charge on any atom is 0.181 e. The van der Waals surface area contributed by atoms with Crippen molar-refractivity contribution in [3.05, 3.63) is 23.8 Å². The number of sulfone groups is 1. The van der Waals surface area contributed by atoms with E-state index in [1.165, 1.54) is 0 Å². The van der Waals surface area contributed by atoms with E-state index in [0.717, 1.165) is 18.4 Å². The Balaban J connectivity index is 2.00. The lowest BCUT2D eigenvalue weighted by Gasteiger charge is -2.07. The molecule has 1 atom stereocenters. The Morgan fingerprint density at radius 1 is 1.35 bits per heavy atom. The third-order valence-electron chi connectivity index (χ3n) is 3.41. The highest BCUT2D eigenvalue weighted by Gasteiger charge is 2.37. The van der Waals surface area contributed by atoms with Gasteiger partial charge < -0.3 is 10.1 Å². The lowest BCUT2D eigenvalue weighted by Crippen LogP contribution is -2.17.